The van der Waals surface area contributed by atoms with Crippen molar-refractivity contribution in [2.45, 2.75) is 33.1 Å². The molecule has 1 atom stereocenters. The van der Waals surface area contributed by atoms with E-state index in [2.05, 4.69) is 21.8 Å². The van der Waals surface area contributed by atoms with Gasteiger partial charge in [-0.1, -0.05) is 25.1 Å². The molecule has 1 N–H and O–H groups in total. The SMILES string of the molecule is Cc1nccn1CC(C)CNCc1cccc(C(F)(F)F)c1. The average molecular weight is 311 g/mol. The summed E-state index contributed by atoms with van der Waals surface area (Å²) in [5, 5.41) is 3.21. The first-order chi connectivity index (χ1) is 10.4. The number of halogens is 3. The fourth-order valence-electron chi connectivity index (χ4n) is 2.32. The third kappa shape index (κ3) is 4.59. The van der Waals surface area contributed by atoms with Crippen LogP contribution in [0.5, 0.6) is 0 Å². The van der Waals surface area contributed by atoms with Crippen LogP contribution >= 0.6 is 0 Å². The van der Waals surface area contributed by atoms with Gasteiger partial charge in [-0.05, 0) is 31.0 Å². The van der Waals surface area contributed by atoms with Crippen LogP contribution in [0.25, 0.3) is 0 Å². The van der Waals surface area contributed by atoms with E-state index in [1.54, 1.807) is 12.3 Å². The largest absolute Gasteiger partial charge is 0.416 e. The highest BCUT2D eigenvalue weighted by Gasteiger charge is 2.30. The van der Waals surface area contributed by atoms with E-state index in [-0.39, 0.29) is 0 Å². The van der Waals surface area contributed by atoms with Crippen molar-refractivity contribution >= 4 is 0 Å². The minimum absolute atomic E-state index is 0.360. The minimum Gasteiger partial charge on any atom is -0.335 e. The van der Waals surface area contributed by atoms with Gasteiger partial charge in [-0.25, -0.2) is 4.98 Å². The zero-order chi connectivity index (χ0) is 16.2. The molecule has 0 fully saturated rings. The lowest BCUT2D eigenvalue weighted by atomic mass is 10.1. The highest BCUT2D eigenvalue weighted by molar-refractivity contribution is 5.25. The van der Waals surface area contributed by atoms with Gasteiger partial charge in [0.15, 0.2) is 0 Å². The summed E-state index contributed by atoms with van der Waals surface area (Å²) in [6.45, 7) is 6.04. The molecule has 120 valence electrons. The molecule has 1 aromatic carbocycles. The summed E-state index contributed by atoms with van der Waals surface area (Å²) in [4.78, 5) is 4.17. The first-order valence-corrected chi connectivity index (χ1v) is 7.21. The van der Waals surface area contributed by atoms with E-state index in [1.807, 2.05) is 13.1 Å². The zero-order valence-electron chi connectivity index (χ0n) is 12.7. The summed E-state index contributed by atoms with van der Waals surface area (Å²) in [5.41, 5.74) is 0.0368. The van der Waals surface area contributed by atoms with Gasteiger partial charge in [-0.3, -0.25) is 0 Å². The Hall–Kier alpha value is -1.82. The second kappa shape index (κ2) is 6.96. The highest BCUT2D eigenvalue weighted by Crippen LogP contribution is 2.29. The molecule has 1 aromatic heterocycles. The Kier molecular flexibility index (Phi) is 5.24. The van der Waals surface area contributed by atoms with E-state index in [1.165, 1.54) is 12.1 Å². The van der Waals surface area contributed by atoms with E-state index in [9.17, 15) is 13.2 Å². The number of benzene rings is 1. The number of aryl methyl sites for hydroxylation is 1. The Labute approximate surface area is 128 Å². The smallest absolute Gasteiger partial charge is 0.335 e. The number of hydrogen-bond acceptors (Lipinski definition) is 2. The zero-order valence-corrected chi connectivity index (χ0v) is 12.7. The summed E-state index contributed by atoms with van der Waals surface area (Å²) >= 11 is 0. The van der Waals surface area contributed by atoms with E-state index in [0.29, 0.717) is 18.0 Å². The maximum atomic E-state index is 12.6. The number of nitrogens with zero attached hydrogens (tertiary/aromatic N) is 2. The van der Waals surface area contributed by atoms with Crippen molar-refractivity contribution in [3.63, 3.8) is 0 Å². The summed E-state index contributed by atoms with van der Waals surface area (Å²) in [5.74, 6) is 1.32. The lowest BCUT2D eigenvalue weighted by Crippen LogP contribution is -2.24. The van der Waals surface area contributed by atoms with Gasteiger partial charge < -0.3 is 9.88 Å². The topological polar surface area (TPSA) is 29.9 Å². The predicted molar refractivity (Wildman–Crippen MR) is 79.3 cm³/mol. The van der Waals surface area contributed by atoms with Crippen LogP contribution in [0, 0.1) is 12.8 Å². The Morgan fingerprint density at radius 2 is 2.09 bits per heavy atom. The monoisotopic (exact) mass is 311 g/mol. The van der Waals surface area contributed by atoms with Gasteiger partial charge in [0.25, 0.3) is 0 Å². The average Bonchev–Trinajstić information content (AvgIpc) is 2.84. The quantitative estimate of drug-likeness (QED) is 0.883. The fraction of sp³-hybridized carbons (Fsp3) is 0.438. The van der Waals surface area contributed by atoms with Crippen molar-refractivity contribution in [2.24, 2.45) is 5.92 Å². The van der Waals surface area contributed by atoms with Crippen molar-refractivity contribution in [1.82, 2.24) is 14.9 Å². The predicted octanol–water partition coefficient (Wildman–Crippen LogP) is 3.64. The van der Waals surface area contributed by atoms with Crippen LogP contribution < -0.4 is 5.32 Å². The number of rotatable bonds is 6. The van der Waals surface area contributed by atoms with Gasteiger partial charge in [-0.15, -0.1) is 0 Å². The Balaban J connectivity index is 1.82. The molecule has 2 aromatic rings. The lowest BCUT2D eigenvalue weighted by molar-refractivity contribution is -0.137. The molecule has 1 heterocycles. The lowest BCUT2D eigenvalue weighted by Gasteiger charge is -2.15. The minimum atomic E-state index is -4.29. The highest BCUT2D eigenvalue weighted by atomic mass is 19.4. The third-order valence-corrected chi connectivity index (χ3v) is 3.51. The van der Waals surface area contributed by atoms with Gasteiger partial charge in [0.1, 0.15) is 5.82 Å². The van der Waals surface area contributed by atoms with Gasteiger partial charge >= 0.3 is 6.18 Å². The molecular formula is C16H20F3N3. The molecule has 6 heteroatoms. The molecule has 22 heavy (non-hydrogen) atoms. The van der Waals surface area contributed by atoms with Crippen LogP contribution in [0.1, 0.15) is 23.9 Å². The van der Waals surface area contributed by atoms with E-state index in [4.69, 9.17) is 0 Å². The molecule has 0 saturated carbocycles. The first kappa shape index (κ1) is 16.5. The van der Waals surface area contributed by atoms with Gasteiger partial charge in [0, 0.05) is 25.5 Å². The van der Waals surface area contributed by atoms with Gasteiger partial charge in [0.05, 0.1) is 5.56 Å². The molecule has 0 saturated heterocycles. The Morgan fingerprint density at radius 3 is 2.73 bits per heavy atom. The van der Waals surface area contributed by atoms with Gasteiger partial charge in [-0.2, -0.15) is 13.2 Å². The van der Waals surface area contributed by atoms with Crippen LogP contribution in [-0.2, 0) is 19.3 Å². The third-order valence-electron chi connectivity index (χ3n) is 3.51. The first-order valence-electron chi connectivity index (χ1n) is 7.21. The van der Waals surface area contributed by atoms with Crippen LogP contribution in [0.4, 0.5) is 13.2 Å². The number of hydrogen-bond donors (Lipinski definition) is 1. The number of imidazole rings is 1. The molecule has 0 aliphatic heterocycles. The number of nitrogens with one attached hydrogen (secondary N) is 1. The maximum absolute atomic E-state index is 12.6. The van der Waals surface area contributed by atoms with E-state index in [0.717, 1.165) is 25.0 Å². The molecule has 0 amide bonds. The number of aromatic nitrogens is 2. The molecule has 0 radical (unpaired) electrons. The van der Waals surface area contributed by atoms with Crippen LogP contribution in [0.2, 0.25) is 0 Å². The molecule has 0 aliphatic rings. The maximum Gasteiger partial charge on any atom is 0.416 e. The van der Waals surface area contributed by atoms with Crippen LogP contribution in [0.3, 0.4) is 0 Å². The normalized spacial score (nSPS) is 13.3. The molecule has 0 spiro atoms. The second-order valence-corrected chi connectivity index (χ2v) is 5.56. The molecule has 1 unspecified atom stereocenters. The Bertz CT molecular complexity index is 605. The summed E-state index contributed by atoms with van der Waals surface area (Å²) in [6, 6.07) is 5.43. The number of alkyl halides is 3. The van der Waals surface area contributed by atoms with Crippen molar-refractivity contribution in [2.75, 3.05) is 6.54 Å². The fourth-order valence-corrected chi connectivity index (χ4v) is 2.32. The van der Waals surface area contributed by atoms with Gasteiger partial charge in [0.2, 0.25) is 0 Å². The van der Waals surface area contributed by atoms with Crippen LogP contribution in [-0.4, -0.2) is 16.1 Å². The van der Waals surface area contributed by atoms with E-state index >= 15 is 0 Å². The molecule has 0 aliphatic carbocycles. The van der Waals surface area contributed by atoms with Crippen molar-refractivity contribution in [3.05, 3.63) is 53.6 Å². The molecule has 3 nitrogen and oxygen atoms in total. The molecular weight excluding hydrogens is 291 g/mol. The van der Waals surface area contributed by atoms with Crippen LogP contribution in [0.15, 0.2) is 36.7 Å². The van der Waals surface area contributed by atoms with Crippen molar-refractivity contribution in [1.29, 1.82) is 0 Å². The summed E-state index contributed by atoms with van der Waals surface area (Å²) < 4.78 is 40.0. The summed E-state index contributed by atoms with van der Waals surface area (Å²) in [7, 11) is 0. The molecule has 2 rings (SSSR count). The van der Waals surface area contributed by atoms with Crippen molar-refractivity contribution < 1.29 is 13.2 Å². The standard InChI is InChI=1S/C16H20F3N3/c1-12(11-22-7-6-21-13(22)2)9-20-10-14-4-3-5-15(8-14)16(17,18)19/h3-8,12,20H,9-11H2,1-2H3. The molecule has 0 bridgehead atoms. The van der Waals surface area contributed by atoms with E-state index < -0.39 is 11.7 Å². The Morgan fingerprint density at radius 1 is 1.32 bits per heavy atom. The van der Waals surface area contributed by atoms with Crippen molar-refractivity contribution in [3.8, 4) is 0 Å². The summed E-state index contributed by atoms with van der Waals surface area (Å²) in [6.07, 6.45) is -0.598. The second-order valence-electron chi connectivity index (χ2n) is 5.56.